The largest absolute Gasteiger partial charge is 0.373 e. The molecule has 0 aliphatic rings. The average molecular weight is 290 g/mol. The van der Waals surface area contributed by atoms with E-state index in [4.69, 9.17) is 17.3 Å². The molecule has 0 aliphatic carbocycles. The van der Waals surface area contributed by atoms with Crippen molar-refractivity contribution in [3.05, 3.63) is 33.1 Å². The number of hydrogen-bond donors (Lipinski definition) is 2. The van der Waals surface area contributed by atoms with Crippen LogP contribution in [0.5, 0.6) is 0 Å². The van der Waals surface area contributed by atoms with E-state index in [1.54, 1.807) is 0 Å². The third-order valence-corrected chi connectivity index (χ3v) is 3.67. The Labute approximate surface area is 116 Å². The second-order valence-corrected chi connectivity index (χ2v) is 4.76. The molecule has 0 spiro atoms. The Bertz CT molecular complexity index is 470. The summed E-state index contributed by atoms with van der Waals surface area (Å²) in [4.78, 5) is 10.4. The lowest BCUT2D eigenvalue weighted by atomic mass is 9.92. The van der Waals surface area contributed by atoms with Crippen LogP contribution in [0.2, 0.25) is 5.02 Å². The highest BCUT2D eigenvalue weighted by molar-refractivity contribution is 6.31. The highest BCUT2D eigenvalue weighted by Gasteiger charge is 2.28. The fourth-order valence-electron chi connectivity index (χ4n) is 1.84. The van der Waals surface area contributed by atoms with Gasteiger partial charge in [0.05, 0.1) is 9.95 Å². The van der Waals surface area contributed by atoms with Crippen molar-refractivity contribution in [3.8, 4) is 0 Å². The highest BCUT2D eigenvalue weighted by atomic mass is 35.5. The number of rotatable bonds is 6. The van der Waals surface area contributed by atoms with E-state index in [9.17, 15) is 14.5 Å². The number of nitrogens with zero attached hydrogens (tertiary/aromatic N) is 1. The first kappa shape index (κ1) is 15.7. The van der Waals surface area contributed by atoms with Gasteiger partial charge in [-0.25, -0.2) is 4.39 Å². The van der Waals surface area contributed by atoms with E-state index in [1.165, 1.54) is 0 Å². The molecule has 1 aromatic rings. The van der Waals surface area contributed by atoms with Gasteiger partial charge in [0.15, 0.2) is 0 Å². The molecule has 0 radical (unpaired) electrons. The molecule has 0 saturated carbocycles. The predicted octanol–water partition coefficient (Wildman–Crippen LogP) is 3.32. The van der Waals surface area contributed by atoms with Crippen molar-refractivity contribution in [1.82, 2.24) is 0 Å². The highest BCUT2D eigenvalue weighted by Crippen LogP contribution is 2.33. The minimum Gasteiger partial charge on any atom is -0.373 e. The number of nitro benzene ring substituents is 1. The second kappa shape index (κ2) is 6.16. The van der Waals surface area contributed by atoms with Crippen LogP contribution in [0.3, 0.4) is 0 Å². The number of benzene rings is 1. The molecule has 106 valence electrons. The minimum absolute atomic E-state index is 0.0982. The zero-order valence-electron chi connectivity index (χ0n) is 10.9. The molecule has 0 bridgehead atoms. The molecule has 7 heteroatoms. The van der Waals surface area contributed by atoms with Crippen molar-refractivity contribution >= 4 is 23.0 Å². The lowest BCUT2D eigenvalue weighted by Gasteiger charge is -2.32. The zero-order chi connectivity index (χ0) is 14.6. The van der Waals surface area contributed by atoms with Gasteiger partial charge in [-0.1, -0.05) is 25.4 Å². The fraction of sp³-hybridized carbons (Fsp3) is 0.500. The monoisotopic (exact) mass is 289 g/mol. The summed E-state index contributed by atoms with van der Waals surface area (Å²) < 4.78 is 13.5. The predicted molar refractivity (Wildman–Crippen MR) is 74.1 cm³/mol. The standard InChI is InChI=1S/C12H17ClFN3O2/c1-3-12(4-2,7-15)16-10-6-9(14)8(13)5-11(10)17(18)19/h5-6,16H,3-4,7,15H2,1-2H3. The van der Waals surface area contributed by atoms with Crippen molar-refractivity contribution in [3.63, 3.8) is 0 Å². The second-order valence-electron chi connectivity index (χ2n) is 4.36. The van der Waals surface area contributed by atoms with Gasteiger partial charge < -0.3 is 11.1 Å². The first-order valence-electron chi connectivity index (χ1n) is 6.00. The average Bonchev–Trinajstić information content (AvgIpc) is 2.39. The van der Waals surface area contributed by atoms with E-state index in [0.717, 1.165) is 12.1 Å². The Kier molecular flexibility index (Phi) is 5.08. The number of halogens is 2. The molecule has 0 unspecified atom stereocenters. The Hall–Kier alpha value is -1.40. The van der Waals surface area contributed by atoms with Gasteiger partial charge in [0.25, 0.3) is 5.69 Å². The van der Waals surface area contributed by atoms with Gasteiger partial charge in [0.2, 0.25) is 0 Å². The molecule has 1 aromatic carbocycles. The molecule has 0 saturated heterocycles. The van der Waals surface area contributed by atoms with E-state index in [2.05, 4.69) is 5.32 Å². The summed E-state index contributed by atoms with van der Waals surface area (Å²) >= 11 is 5.57. The molecule has 1 rings (SSSR count). The topological polar surface area (TPSA) is 81.2 Å². The Morgan fingerprint density at radius 2 is 2.05 bits per heavy atom. The minimum atomic E-state index is -0.701. The van der Waals surface area contributed by atoms with Gasteiger partial charge in [0, 0.05) is 24.2 Å². The molecular weight excluding hydrogens is 273 g/mol. The smallest absolute Gasteiger partial charge is 0.294 e. The molecule has 0 amide bonds. The summed E-state index contributed by atoms with van der Waals surface area (Å²) in [5, 5.41) is 13.7. The SMILES string of the molecule is CCC(CC)(CN)Nc1cc(F)c(Cl)cc1[N+](=O)[O-]. The molecule has 0 aliphatic heterocycles. The molecule has 0 heterocycles. The summed E-state index contributed by atoms with van der Waals surface area (Å²) in [6, 6.07) is 2.04. The van der Waals surface area contributed by atoms with Crippen molar-refractivity contribution in [2.24, 2.45) is 5.73 Å². The Morgan fingerprint density at radius 1 is 1.47 bits per heavy atom. The maximum Gasteiger partial charge on any atom is 0.294 e. The van der Waals surface area contributed by atoms with Gasteiger partial charge in [0.1, 0.15) is 11.5 Å². The third kappa shape index (κ3) is 3.33. The van der Waals surface area contributed by atoms with Gasteiger partial charge in [-0.15, -0.1) is 0 Å². The van der Waals surface area contributed by atoms with E-state index in [0.29, 0.717) is 19.4 Å². The lowest BCUT2D eigenvalue weighted by molar-refractivity contribution is -0.384. The molecule has 0 aromatic heterocycles. The molecule has 0 atom stereocenters. The summed E-state index contributed by atoms with van der Waals surface area (Å²) in [7, 11) is 0. The van der Waals surface area contributed by atoms with Crippen LogP contribution in [-0.2, 0) is 0 Å². The number of nitrogens with one attached hydrogen (secondary N) is 1. The third-order valence-electron chi connectivity index (χ3n) is 3.38. The van der Waals surface area contributed by atoms with Crippen molar-refractivity contribution < 1.29 is 9.31 Å². The normalized spacial score (nSPS) is 11.4. The maximum atomic E-state index is 13.5. The van der Waals surface area contributed by atoms with Gasteiger partial charge in [-0.2, -0.15) is 0 Å². The Morgan fingerprint density at radius 3 is 2.47 bits per heavy atom. The van der Waals surface area contributed by atoms with Crippen LogP contribution in [0.15, 0.2) is 12.1 Å². The number of nitro groups is 1. The lowest BCUT2D eigenvalue weighted by Crippen LogP contribution is -2.44. The van der Waals surface area contributed by atoms with E-state index in [-0.39, 0.29) is 16.4 Å². The first-order chi connectivity index (χ1) is 8.89. The number of nitrogens with two attached hydrogens (primary N) is 1. The first-order valence-corrected chi connectivity index (χ1v) is 6.38. The molecule has 5 nitrogen and oxygen atoms in total. The quantitative estimate of drug-likeness (QED) is 0.622. The van der Waals surface area contributed by atoms with E-state index < -0.39 is 16.3 Å². The molecule has 3 N–H and O–H groups in total. The van der Waals surface area contributed by atoms with Crippen LogP contribution in [0.25, 0.3) is 0 Å². The van der Waals surface area contributed by atoms with Crippen LogP contribution in [0.1, 0.15) is 26.7 Å². The zero-order valence-corrected chi connectivity index (χ0v) is 11.6. The maximum absolute atomic E-state index is 13.5. The summed E-state index contributed by atoms with van der Waals surface area (Å²) in [6.07, 6.45) is 1.34. The van der Waals surface area contributed by atoms with Crippen molar-refractivity contribution in [1.29, 1.82) is 0 Å². The molecule has 0 fully saturated rings. The van der Waals surface area contributed by atoms with Crippen LogP contribution >= 0.6 is 11.6 Å². The summed E-state index contributed by atoms with van der Waals surface area (Å²) in [5.74, 6) is -0.701. The fourth-order valence-corrected chi connectivity index (χ4v) is 2.00. The van der Waals surface area contributed by atoms with E-state index in [1.807, 2.05) is 13.8 Å². The van der Waals surface area contributed by atoms with Gasteiger partial charge >= 0.3 is 0 Å². The number of hydrogen-bond acceptors (Lipinski definition) is 4. The van der Waals surface area contributed by atoms with Gasteiger partial charge in [-0.05, 0) is 12.8 Å². The van der Waals surface area contributed by atoms with Crippen LogP contribution < -0.4 is 11.1 Å². The van der Waals surface area contributed by atoms with E-state index >= 15 is 0 Å². The molecule has 19 heavy (non-hydrogen) atoms. The van der Waals surface area contributed by atoms with Crippen molar-refractivity contribution in [2.45, 2.75) is 32.2 Å². The van der Waals surface area contributed by atoms with Crippen LogP contribution in [0.4, 0.5) is 15.8 Å². The van der Waals surface area contributed by atoms with Gasteiger partial charge in [-0.3, -0.25) is 10.1 Å². The summed E-state index contributed by atoms with van der Waals surface area (Å²) in [5.41, 5.74) is 5.06. The van der Waals surface area contributed by atoms with Crippen molar-refractivity contribution in [2.75, 3.05) is 11.9 Å². The Balaban J connectivity index is 3.26. The van der Waals surface area contributed by atoms with Crippen LogP contribution in [0, 0.1) is 15.9 Å². The molecular formula is C12H17ClFN3O2. The van der Waals surface area contributed by atoms with Crippen LogP contribution in [-0.4, -0.2) is 17.0 Å². The number of anilines is 1. The summed E-state index contributed by atoms with van der Waals surface area (Å²) in [6.45, 7) is 4.13.